The molecule has 0 aliphatic carbocycles. The van der Waals surface area contributed by atoms with E-state index >= 15 is 0 Å². The van der Waals surface area contributed by atoms with Gasteiger partial charge in [0.05, 0.1) is 6.54 Å². The Kier molecular flexibility index (Phi) is 4.85. The van der Waals surface area contributed by atoms with Crippen LogP contribution in [0.25, 0.3) is 0 Å². The SMILES string of the molecule is N#CC1=C(N)Oc2c(oc(CO)cc2=O)[C@]12C(=O)N(Cc1cccc(Br)c1)c1ccccc12. The maximum atomic E-state index is 14.2. The van der Waals surface area contributed by atoms with Gasteiger partial charge in [0, 0.05) is 21.8 Å². The minimum absolute atomic E-state index is 0.0600. The molecule has 1 atom stereocenters. The summed E-state index contributed by atoms with van der Waals surface area (Å²) < 4.78 is 12.1. The maximum absolute atomic E-state index is 14.2. The Labute approximate surface area is 196 Å². The topological polar surface area (TPSA) is 130 Å². The van der Waals surface area contributed by atoms with Gasteiger partial charge in [-0.25, -0.2) is 0 Å². The fourth-order valence-electron chi connectivity index (χ4n) is 4.44. The first kappa shape index (κ1) is 21.0. The van der Waals surface area contributed by atoms with E-state index in [4.69, 9.17) is 14.9 Å². The molecule has 33 heavy (non-hydrogen) atoms. The van der Waals surface area contributed by atoms with Crippen LogP contribution in [-0.2, 0) is 23.4 Å². The highest BCUT2D eigenvalue weighted by Crippen LogP contribution is 2.54. The smallest absolute Gasteiger partial charge is 0.251 e. The Bertz CT molecular complexity index is 1450. The van der Waals surface area contributed by atoms with Crippen LogP contribution >= 0.6 is 15.9 Å². The van der Waals surface area contributed by atoms with E-state index in [1.54, 1.807) is 24.3 Å². The number of aliphatic hydroxyl groups is 1. The molecule has 3 N–H and O–H groups in total. The number of anilines is 1. The standard InChI is InChI=1S/C24H16BrN3O5/c25-14-5-3-4-13(8-14)11-28-18-7-2-1-6-16(18)24(23(28)31)17(10-26)22(27)33-20-19(30)9-15(12-29)32-21(20)24/h1-9,29H,11-12,27H2/t24-/m1/s1. The molecule has 2 aromatic carbocycles. The summed E-state index contributed by atoms with van der Waals surface area (Å²) in [5, 5.41) is 19.7. The first-order chi connectivity index (χ1) is 15.9. The minimum atomic E-state index is -1.82. The predicted octanol–water partition coefficient (Wildman–Crippen LogP) is 2.81. The van der Waals surface area contributed by atoms with Gasteiger partial charge >= 0.3 is 0 Å². The Balaban J connectivity index is 1.82. The summed E-state index contributed by atoms with van der Waals surface area (Å²) in [6, 6.07) is 17.5. The van der Waals surface area contributed by atoms with E-state index in [-0.39, 0.29) is 35.3 Å². The van der Waals surface area contributed by atoms with Crippen molar-refractivity contribution in [2.24, 2.45) is 5.73 Å². The number of rotatable bonds is 3. The highest BCUT2D eigenvalue weighted by molar-refractivity contribution is 9.10. The summed E-state index contributed by atoms with van der Waals surface area (Å²) in [5.74, 6) is -1.36. The first-order valence-electron chi connectivity index (χ1n) is 9.94. The predicted molar refractivity (Wildman–Crippen MR) is 121 cm³/mol. The molecule has 2 aliphatic rings. The summed E-state index contributed by atoms with van der Waals surface area (Å²) in [5.41, 5.74) is 5.28. The molecule has 164 valence electrons. The summed E-state index contributed by atoms with van der Waals surface area (Å²) in [4.78, 5) is 28.5. The van der Waals surface area contributed by atoms with Crippen LogP contribution in [0.4, 0.5) is 5.69 Å². The number of ether oxygens (including phenoxy) is 1. The number of nitriles is 1. The number of fused-ring (bicyclic) bond motifs is 4. The van der Waals surface area contributed by atoms with E-state index in [2.05, 4.69) is 15.9 Å². The normalized spacial score (nSPS) is 18.7. The van der Waals surface area contributed by atoms with Crippen LogP contribution in [0.2, 0.25) is 0 Å². The van der Waals surface area contributed by atoms with Crippen molar-refractivity contribution in [3.63, 3.8) is 0 Å². The van der Waals surface area contributed by atoms with E-state index in [1.807, 2.05) is 30.3 Å². The Morgan fingerprint density at radius 1 is 1.15 bits per heavy atom. The monoisotopic (exact) mass is 505 g/mol. The Morgan fingerprint density at radius 2 is 1.94 bits per heavy atom. The van der Waals surface area contributed by atoms with Gasteiger partial charge in [0.15, 0.2) is 11.2 Å². The molecule has 3 heterocycles. The average Bonchev–Trinajstić information content (AvgIpc) is 3.04. The van der Waals surface area contributed by atoms with Gasteiger partial charge in [0.1, 0.15) is 24.0 Å². The summed E-state index contributed by atoms with van der Waals surface area (Å²) in [6.07, 6.45) is 0. The number of carbonyl (C=O) groups is 1. The van der Waals surface area contributed by atoms with E-state index < -0.39 is 23.4 Å². The van der Waals surface area contributed by atoms with Gasteiger partial charge in [-0.2, -0.15) is 5.26 Å². The molecule has 3 aromatic rings. The van der Waals surface area contributed by atoms with Crippen LogP contribution in [0.1, 0.15) is 22.6 Å². The summed E-state index contributed by atoms with van der Waals surface area (Å²) in [6.45, 7) is -0.368. The second-order valence-electron chi connectivity index (χ2n) is 7.63. The summed E-state index contributed by atoms with van der Waals surface area (Å²) in [7, 11) is 0. The molecule has 8 nitrogen and oxygen atoms in total. The zero-order valence-electron chi connectivity index (χ0n) is 17.0. The van der Waals surface area contributed by atoms with Crippen molar-refractivity contribution in [1.82, 2.24) is 0 Å². The lowest BCUT2D eigenvalue weighted by Crippen LogP contribution is -2.46. The number of halogens is 1. The zero-order chi connectivity index (χ0) is 23.3. The summed E-state index contributed by atoms with van der Waals surface area (Å²) >= 11 is 3.44. The fraction of sp³-hybridized carbons (Fsp3) is 0.125. The van der Waals surface area contributed by atoms with Gasteiger partial charge < -0.3 is 24.9 Å². The van der Waals surface area contributed by atoms with Crippen LogP contribution in [0.3, 0.4) is 0 Å². The third-order valence-electron chi connectivity index (χ3n) is 5.79. The number of carbonyl (C=O) groups excluding carboxylic acids is 1. The highest BCUT2D eigenvalue weighted by Gasteiger charge is 2.61. The van der Waals surface area contributed by atoms with Crippen LogP contribution in [0.15, 0.2) is 79.7 Å². The molecule has 0 saturated carbocycles. The lowest BCUT2D eigenvalue weighted by molar-refractivity contribution is -0.121. The number of aliphatic hydroxyl groups excluding tert-OH is 1. The first-order valence-corrected chi connectivity index (χ1v) is 10.7. The largest absolute Gasteiger partial charge is 0.457 e. The van der Waals surface area contributed by atoms with Crippen molar-refractivity contribution in [1.29, 1.82) is 5.26 Å². The van der Waals surface area contributed by atoms with Crippen LogP contribution in [0.5, 0.6) is 5.75 Å². The van der Waals surface area contributed by atoms with Crippen molar-refractivity contribution in [2.75, 3.05) is 4.90 Å². The highest BCUT2D eigenvalue weighted by atomic mass is 79.9. The molecule has 0 saturated heterocycles. The third kappa shape index (κ3) is 2.92. The van der Waals surface area contributed by atoms with E-state index in [1.165, 1.54) is 4.90 Å². The van der Waals surface area contributed by atoms with Crippen molar-refractivity contribution in [2.45, 2.75) is 18.6 Å². The van der Waals surface area contributed by atoms with Crippen LogP contribution < -0.4 is 20.8 Å². The Morgan fingerprint density at radius 3 is 2.67 bits per heavy atom. The number of nitrogens with zero attached hydrogens (tertiary/aromatic N) is 2. The molecular formula is C24H16BrN3O5. The van der Waals surface area contributed by atoms with Crippen molar-refractivity contribution in [3.05, 3.63) is 103 Å². The number of hydrogen-bond donors (Lipinski definition) is 2. The van der Waals surface area contributed by atoms with Crippen molar-refractivity contribution in [3.8, 4) is 11.8 Å². The van der Waals surface area contributed by atoms with Gasteiger partial charge in [-0.1, -0.05) is 46.3 Å². The molecule has 9 heteroatoms. The average molecular weight is 506 g/mol. The molecule has 0 unspecified atom stereocenters. The third-order valence-corrected chi connectivity index (χ3v) is 6.28. The zero-order valence-corrected chi connectivity index (χ0v) is 18.6. The van der Waals surface area contributed by atoms with Gasteiger partial charge in [0.25, 0.3) is 5.91 Å². The molecule has 1 aromatic heterocycles. The van der Waals surface area contributed by atoms with Crippen molar-refractivity contribution >= 4 is 27.5 Å². The second-order valence-corrected chi connectivity index (χ2v) is 8.55. The molecule has 1 amide bonds. The number of para-hydroxylation sites is 1. The van der Waals surface area contributed by atoms with Gasteiger partial charge in [-0.05, 0) is 23.8 Å². The number of amides is 1. The second kappa shape index (κ2) is 7.62. The van der Waals surface area contributed by atoms with E-state index in [0.29, 0.717) is 11.3 Å². The van der Waals surface area contributed by atoms with Gasteiger partial charge in [0.2, 0.25) is 17.1 Å². The number of nitrogens with two attached hydrogens (primary N) is 1. The molecule has 2 aliphatic heterocycles. The van der Waals surface area contributed by atoms with Crippen molar-refractivity contribution < 1.29 is 19.1 Å². The molecule has 0 fully saturated rings. The maximum Gasteiger partial charge on any atom is 0.251 e. The lowest BCUT2D eigenvalue weighted by Gasteiger charge is -2.32. The fourth-order valence-corrected chi connectivity index (χ4v) is 4.89. The molecule has 0 bridgehead atoms. The van der Waals surface area contributed by atoms with E-state index in [0.717, 1.165) is 16.1 Å². The lowest BCUT2D eigenvalue weighted by atomic mass is 9.72. The number of benzene rings is 2. The molecular weight excluding hydrogens is 490 g/mol. The molecule has 5 rings (SSSR count). The van der Waals surface area contributed by atoms with Crippen LogP contribution in [-0.4, -0.2) is 11.0 Å². The number of hydrogen-bond acceptors (Lipinski definition) is 7. The molecule has 0 radical (unpaired) electrons. The van der Waals surface area contributed by atoms with Gasteiger partial charge in [-0.15, -0.1) is 0 Å². The van der Waals surface area contributed by atoms with Gasteiger partial charge in [-0.3, -0.25) is 9.59 Å². The molecule has 1 spiro atoms. The van der Waals surface area contributed by atoms with Crippen LogP contribution in [0, 0.1) is 11.3 Å². The minimum Gasteiger partial charge on any atom is -0.457 e. The quantitative estimate of drug-likeness (QED) is 0.559. The van der Waals surface area contributed by atoms with E-state index in [9.17, 15) is 20.0 Å². The Hall–Kier alpha value is -3.87.